The monoisotopic (exact) mass is 1740 g/mol. The quantitative estimate of drug-likeness (QED) is 0.0143. The fourth-order valence-electron chi connectivity index (χ4n) is 16.2. The van der Waals surface area contributed by atoms with Crippen molar-refractivity contribution >= 4 is 43.5 Å². The normalized spacial score (nSPS) is 16.2. The summed E-state index contributed by atoms with van der Waals surface area (Å²) in [5, 5.41) is 27.4. The number of amides is 2. The lowest BCUT2D eigenvalue weighted by molar-refractivity contribution is -0.272. The molecule has 0 unspecified atom stereocenters. The molecule has 0 radical (unpaired) electrons. The molecule has 0 aromatic heterocycles. The first-order valence-electron chi connectivity index (χ1n) is 51.2. The third kappa shape index (κ3) is 75.4. The lowest BCUT2D eigenvalue weighted by Gasteiger charge is -2.45. The minimum Gasteiger partial charge on any atom is -0.466 e. The maximum atomic E-state index is 14.8. The van der Waals surface area contributed by atoms with Crippen molar-refractivity contribution in [3.63, 3.8) is 0 Å². The number of phosphoric ester groups is 1. The number of rotatable bonds is 89. The number of aliphatic hydroxyl groups excluding tert-OH is 2. The highest BCUT2D eigenvalue weighted by atomic mass is 31.2. The molecule has 1 rings (SSSR count). The molecular weight excluding hydrogens is 1550 g/mol. The number of aliphatic hydroxyl groups is 2. The van der Waals surface area contributed by atoms with Crippen molar-refractivity contribution in [3.8, 4) is 0 Å². The van der Waals surface area contributed by atoms with Crippen LogP contribution in [0.2, 0.25) is 0 Å². The molecule has 1 aliphatic heterocycles. The molecule has 21 nitrogen and oxygen atoms in total. The molecule has 8 atom stereocenters. The molecule has 1 fully saturated rings. The van der Waals surface area contributed by atoms with E-state index in [9.17, 15) is 53.3 Å². The van der Waals surface area contributed by atoms with Gasteiger partial charge in [-0.1, -0.05) is 409 Å². The van der Waals surface area contributed by atoms with Crippen LogP contribution in [0.3, 0.4) is 0 Å². The number of nitrogens with zero attached hydrogens (tertiary/aromatic N) is 1. The molecule has 1 saturated heterocycles. The van der Waals surface area contributed by atoms with Gasteiger partial charge in [0.1, 0.15) is 30.5 Å². The van der Waals surface area contributed by atoms with Crippen molar-refractivity contribution < 1.29 is 86.3 Å². The van der Waals surface area contributed by atoms with E-state index < -0.39 is 107 Å². The topological polar surface area (TPSA) is 292 Å². The zero-order chi connectivity index (χ0) is 89.0. The Kier molecular flexibility index (Phi) is 85.1. The van der Waals surface area contributed by atoms with E-state index in [-0.39, 0.29) is 37.6 Å². The molecule has 716 valence electrons. The Morgan fingerprint density at radius 2 is 0.686 bits per heavy atom. The van der Waals surface area contributed by atoms with Crippen molar-refractivity contribution in [2.45, 2.75) is 554 Å². The third-order valence-electron chi connectivity index (χ3n) is 24.0. The number of hydrogen-bond donors (Lipinski definition) is 6. The van der Waals surface area contributed by atoms with Crippen LogP contribution in [0.1, 0.15) is 505 Å². The van der Waals surface area contributed by atoms with E-state index in [1.165, 1.54) is 199 Å². The van der Waals surface area contributed by atoms with Gasteiger partial charge in [-0.3, -0.25) is 33.3 Å². The van der Waals surface area contributed by atoms with E-state index in [2.05, 4.69) is 70.9 Å². The van der Waals surface area contributed by atoms with Crippen LogP contribution in [0.15, 0.2) is 0 Å². The number of phosphoric acid groups is 1. The number of nitrogens with one attached hydrogen (secondary N) is 2. The lowest BCUT2D eigenvalue weighted by atomic mass is 9.95. The smallest absolute Gasteiger partial charge is 0.466 e. The number of carbonyl (C=O) groups is 6. The van der Waals surface area contributed by atoms with E-state index in [1.54, 1.807) is 0 Å². The fourth-order valence-corrected chi connectivity index (χ4v) is 16.8. The van der Waals surface area contributed by atoms with Crippen molar-refractivity contribution in [3.05, 3.63) is 0 Å². The van der Waals surface area contributed by atoms with E-state index in [0.717, 1.165) is 186 Å². The summed E-state index contributed by atoms with van der Waals surface area (Å²) in [7, 11) is -5.49. The molecule has 121 heavy (non-hydrogen) atoms. The molecule has 0 aliphatic carbocycles. The Labute approximate surface area is 741 Å². The van der Waals surface area contributed by atoms with E-state index in [1.807, 2.05) is 0 Å². The van der Waals surface area contributed by atoms with Gasteiger partial charge in [0.25, 0.3) is 0 Å². The largest absolute Gasteiger partial charge is 0.470 e. The molecule has 0 aromatic carbocycles. The van der Waals surface area contributed by atoms with E-state index >= 15 is 0 Å². The zero-order valence-corrected chi connectivity index (χ0v) is 80.4. The Bertz CT molecular complexity index is 2380. The molecule has 0 saturated carbocycles. The van der Waals surface area contributed by atoms with Gasteiger partial charge >= 0.3 is 31.7 Å². The molecule has 2 amide bonds. The van der Waals surface area contributed by atoms with Gasteiger partial charge in [-0.15, -0.1) is 0 Å². The second-order valence-corrected chi connectivity index (χ2v) is 36.5. The summed E-state index contributed by atoms with van der Waals surface area (Å²) in [6, 6.07) is -2.62. The van der Waals surface area contributed by atoms with Crippen LogP contribution >= 0.6 is 7.82 Å². The maximum Gasteiger partial charge on any atom is 0.470 e. The van der Waals surface area contributed by atoms with Gasteiger partial charge < -0.3 is 64.0 Å². The highest BCUT2D eigenvalue weighted by Crippen LogP contribution is 2.43. The summed E-state index contributed by atoms with van der Waals surface area (Å²) < 4.78 is 54.9. The van der Waals surface area contributed by atoms with Gasteiger partial charge in [0, 0.05) is 25.7 Å². The summed E-state index contributed by atoms with van der Waals surface area (Å²) >= 11 is 0. The zero-order valence-electron chi connectivity index (χ0n) is 79.5. The predicted molar refractivity (Wildman–Crippen MR) is 495 cm³/mol. The van der Waals surface area contributed by atoms with Gasteiger partial charge in [-0.05, 0) is 77.4 Å². The molecular formula is C99H192N3O18P. The van der Waals surface area contributed by atoms with Crippen molar-refractivity contribution in [2.24, 2.45) is 0 Å². The van der Waals surface area contributed by atoms with Gasteiger partial charge in [-0.2, -0.15) is 0 Å². The van der Waals surface area contributed by atoms with Gasteiger partial charge in [0.15, 0.2) is 12.4 Å². The van der Waals surface area contributed by atoms with Crippen LogP contribution < -0.4 is 10.6 Å². The molecule has 6 N–H and O–H groups in total. The summed E-state index contributed by atoms with van der Waals surface area (Å²) in [4.78, 5) is 106. The standard InChI is InChI=1S/C93H177N2O18P.C6H15N/c1-6-11-16-21-26-31-35-43-50-57-64-71-86(100)107-74-67-60-53-46-39-34-38-42-49-56-63-70-84(98)94-80(77-96)79-108-93-90(95-85(99)75-81(68-61-54-47-40-29-24-19-14-9-4)109-87(101)72-65-58-51-44-36-32-27-22-17-12-7-2)92(91(83(78-97)111-93)113-114(104,105)106)112-89(103)76-82(69-62-55-48-41-30-25-20-15-10-5)110-88(102)73-66-59-52-45-37-33-28-23-18-13-8-3;1-4-7(5-2)6-3/h80-83,90-93,96-97H,6-79H2,1-5H3,(H,94,98)(H,95,99)(H2,104,105,106);4-6H2,1-3H3/t80-,81+,82+,83+,90+,91+,92+,93+;/m0./s1. The molecule has 0 spiro atoms. The minimum atomic E-state index is -5.49. The maximum absolute atomic E-state index is 14.8. The average Bonchev–Trinajstić information content (AvgIpc) is 0.779. The molecule has 1 heterocycles. The van der Waals surface area contributed by atoms with Gasteiger partial charge in [0.05, 0.1) is 45.3 Å². The number of hydrogen-bond acceptors (Lipinski definition) is 17. The van der Waals surface area contributed by atoms with Crippen LogP contribution in [-0.2, 0) is 66.3 Å². The van der Waals surface area contributed by atoms with Crippen molar-refractivity contribution in [2.75, 3.05) is 46.1 Å². The van der Waals surface area contributed by atoms with Crippen molar-refractivity contribution in [1.29, 1.82) is 0 Å². The minimum absolute atomic E-state index is 0.0703. The summed E-state index contributed by atoms with van der Waals surface area (Å²) in [5.74, 6) is -2.90. The van der Waals surface area contributed by atoms with E-state index in [0.29, 0.717) is 58.0 Å². The number of unbranched alkanes of at least 4 members (excludes halogenated alkanes) is 56. The first-order valence-corrected chi connectivity index (χ1v) is 52.7. The SMILES string of the molecule is CCCCCCCCCCCCCC(=O)OCCCCCCCCCCCCCC(=O)N[C@@H](CO)CO[C@@H]1O[C@H](CO)[C@@H](OP(=O)(O)O)[C@H](OC(=O)C[C@@H](CCCCCCCCCCC)OC(=O)CCCCCCCCCCCCC)[C@H]1NC(=O)C[C@@H](CCCCCCCCCCC)OC(=O)CCCCCCCCCCCCC.CCN(CC)CC. The Balaban J connectivity index is 0.0000196. The Morgan fingerprint density at radius 1 is 0.372 bits per heavy atom. The predicted octanol–water partition coefficient (Wildman–Crippen LogP) is 25.2. The summed E-state index contributed by atoms with van der Waals surface area (Å²) in [5.41, 5.74) is 0. The lowest BCUT2D eigenvalue weighted by Crippen LogP contribution is -2.66. The van der Waals surface area contributed by atoms with Crippen LogP contribution in [0.5, 0.6) is 0 Å². The summed E-state index contributed by atoms with van der Waals surface area (Å²) in [6.07, 6.45) is 60.4. The average molecular weight is 1740 g/mol. The third-order valence-corrected chi connectivity index (χ3v) is 24.5. The van der Waals surface area contributed by atoms with Crippen LogP contribution in [0, 0.1) is 0 Å². The van der Waals surface area contributed by atoms with Crippen molar-refractivity contribution in [1.82, 2.24) is 15.5 Å². The number of esters is 4. The number of ether oxygens (including phenoxy) is 6. The highest BCUT2D eigenvalue weighted by molar-refractivity contribution is 7.46. The van der Waals surface area contributed by atoms with E-state index in [4.69, 9.17) is 32.9 Å². The molecule has 0 bridgehead atoms. The highest BCUT2D eigenvalue weighted by Gasteiger charge is 2.52. The first kappa shape index (κ1) is 118. The molecule has 22 heteroatoms. The second kappa shape index (κ2) is 87.4. The Hall–Kier alpha value is -3.27. The fraction of sp³-hybridized carbons (Fsp3) is 0.939. The van der Waals surface area contributed by atoms with Gasteiger partial charge in [-0.25, -0.2) is 4.57 Å². The Morgan fingerprint density at radius 3 is 1.01 bits per heavy atom. The van der Waals surface area contributed by atoms with Gasteiger partial charge in [0.2, 0.25) is 11.8 Å². The second-order valence-electron chi connectivity index (χ2n) is 35.3. The molecule has 1 aliphatic rings. The van der Waals surface area contributed by atoms with Crippen LogP contribution in [-0.4, -0.2) is 156 Å². The molecule has 0 aromatic rings. The summed E-state index contributed by atoms with van der Waals surface area (Å²) in [6.45, 7) is 19.8. The van der Waals surface area contributed by atoms with Crippen LogP contribution in [0.25, 0.3) is 0 Å². The number of carbonyl (C=O) groups excluding carboxylic acids is 6. The van der Waals surface area contributed by atoms with Crippen LogP contribution in [0.4, 0.5) is 0 Å². The first-order chi connectivity index (χ1) is 58.9.